The van der Waals surface area contributed by atoms with Gasteiger partial charge in [-0.2, -0.15) is 0 Å². The van der Waals surface area contributed by atoms with Crippen molar-refractivity contribution < 1.29 is 4.74 Å². The molecule has 2 aliphatic heterocycles. The fourth-order valence-electron chi connectivity index (χ4n) is 3.64. The van der Waals surface area contributed by atoms with Gasteiger partial charge in [0.1, 0.15) is 0 Å². The van der Waals surface area contributed by atoms with E-state index in [0.717, 1.165) is 31.5 Å². The second-order valence-corrected chi connectivity index (χ2v) is 7.11. The molecule has 3 heteroatoms. The van der Waals surface area contributed by atoms with Crippen LogP contribution in [0.15, 0.2) is 0 Å². The molecule has 0 aromatic heterocycles. The average molecular weight is 282 g/mol. The number of likely N-dealkylation sites (tertiary alicyclic amines) is 1. The van der Waals surface area contributed by atoms with Crippen LogP contribution in [0.25, 0.3) is 0 Å². The highest BCUT2D eigenvalue weighted by atomic mass is 16.5. The van der Waals surface area contributed by atoms with Gasteiger partial charge in [0.25, 0.3) is 0 Å². The molecule has 20 heavy (non-hydrogen) atoms. The van der Waals surface area contributed by atoms with Gasteiger partial charge in [-0.05, 0) is 64.0 Å². The summed E-state index contributed by atoms with van der Waals surface area (Å²) in [5.74, 6) is 1.79. The number of hydrogen-bond donors (Lipinski definition) is 1. The van der Waals surface area contributed by atoms with Crippen molar-refractivity contribution in [2.45, 2.75) is 65.0 Å². The van der Waals surface area contributed by atoms with Crippen molar-refractivity contribution in [2.75, 3.05) is 32.8 Å². The minimum absolute atomic E-state index is 0.469. The molecule has 2 aliphatic rings. The zero-order valence-corrected chi connectivity index (χ0v) is 13.7. The van der Waals surface area contributed by atoms with Crippen molar-refractivity contribution in [3.05, 3.63) is 0 Å². The van der Waals surface area contributed by atoms with Crippen molar-refractivity contribution in [2.24, 2.45) is 11.8 Å². The lowest BCUT2D eigenvalue weighted by Gasteiger charge is -2.28. The van der Waals surface area contributed by atoms with Crippen LogP contribution < -0.4 is 5.32 Å². The Kier molecular flexibility index (Phi) is 6.79. The van der Waals surface area contributed by atoms with Gasteiger partial charge in [-0.1, -0.05) is 13.8 Å². The Balaban J connectivity index is 1.65. The Hall–Kier alpha value is -0.120. The maximum Gasteiger partial charge on any atom is 0.0700 e. The zero-order chi connectivity index (χ0) is 14.4. The van der Waals surface area contributed by atoms with Crippen molar-refractivity contribution >= 4 is 0 Å². The van der Waals surface area contributed by atoms with E-state index < -0.39 is 0 Å². The van der Waals surface area contributed by atoms with E-state index in [4.69, 9.17) is 4.74 Å². The summed E-state index contributed by atoms with van der Waals surface area (Å²) in [5.41, 5.74) is 0. The van der Waals surface area contributed by atoms with E-state index in [9.17, 15) is 0 Å². The summed E-state index contributed by atoms with van der Waals surface area (Å²) < 4.78 is 5.66. The molecule has 0 bridgehead atoms. The average Bonchev–Trinajstić information content (AvgIpc) is 2.80. The highest BCUT2D eigenvalue weighted by Crippen LogP contribution is 2.25. The van der Waals surface area contributed by atoms with Gasteiger partial charge in [-0.15, -0.1) is 0 Å². The topological polar surface area (TPSA) is 24.5 Å². The Morgan fingerprint density at radius 1 is 1.10 bits per heavy atom. The number of nitrogens with zero attached hydrogens (tertiary/aromatic N) is 1. The van der Waals surface area contributed by atoms with Gasteiger partial charge in [-0.3, -0.25) is 4.90 Å². The molecule has 0 spiro atoms. The summed E-state index contributed by atoms with van der Waals surface area (Å²) >= 11 is 0. The third-order valence-electron chi connectivity index (χ3n) is 5.21. The lowest BCUT2D eigenvalue weighted by atomic mass is 9.89. The monoisotopic (exact) mass is 282 g/mol. The highest BCUT2D eigenvalue weighted by Gasteiger charge is 2.22. The van der Waals surface area contributed by atoms with Crippen LogP contribution in [-0.2, 0) is 4.74 Å². The summed E-state index contributed by atoms with van der Waals surface area (Å²) in [7, 11) is 0. The normalized spacial score (nSPS) is 30.6. The summed E-state index contributed by atoms with van der Waals surface area (Å²) in [6, 6.07) is 0.655. The Morgan fingerprint density at radius 2 is 1.95 bits per heavy atom. The van der Waals surface area contributed by atoms with Crippen LogP contribution in [0.5, 0.6) is 0 Å². The van der Waals surface area contributed by atoms with E-state index in [2.05, 4.69) is 31.0 Å². The molecule has 0 aliphatic carbocycles. The van der Waals surface area contributed by atoms with Crippen LogP contribution in [0, 0.1) is 11.8 Å². The molecule has 0 amide bonds. The number of ether oxygens (including phenoxy) is 1. The van der Waals surface area contributed by atoms with Crippen LogP contribution in [0.4, 0.5) is 0 Å². The zero-order valence-electron chi connectivity index (χ0n) is 13.7. The SMILES string of the molecule is CC(C)C1CCCN(C(C)CNCC2CCCO2)CC1. The van der Waals surface area contributed by atoms with Gasteiger partial charge >= 0.3 is 0 Å². The molecule has 2 rings (SSSR count). The standard InChI is InChI=1S/C17H34N2O/c1-14(2)16-6-4-9-19(10-8-16)15(3)12-18-13-17-7-5-11-20-17/h14-18H,4-13H2,1-3H3. The number of hydrogen-bond acceptors (Lipinski definition) is 3. The smallest absolute Gasteiger partial charge is 0.0700 e. The van der Waals surface area contributed by atoms with Crippen LogP contribution in [-0.4, -0.2) is 49.8 Å². The molecule has 0 aromatic rings. The molecule has 3 nitrogen and oxygen atoms in total. The van der Waals surface area contributed by atoms with Gasteiger partial charge in [0, 0.05) is 25.7 Å². The van der Waals surface area contributed by atoms with Gasteiger partial charge < -0.3 is 10.1 Å². The van der Waals surface area contributed by atoms with Gasteiger partial charge in [0.05, 0.1) is 6.10 Å². The second-order valence-electron chi connectivity index (χ2n) is 7.11. The van der Waals surface area contributed by atoms with Gasteiger partial charge in [0.2, 0.25) is 0 Å². The molecule has 0 aromatic carbocycles. The largest absolute Gasteiger partial charge is 0.377 e. The van der Waals surface area contributed by atoms with Crippen molar-refractivity contribution in [1.29, 1.82) is 0 Å². The number of nitrogens with one attached hydrogen (secondary N) is 1. The maximum atomic E-state index is 5.66. The van der Waals surface area contributed by atoms with E-state index >= 15 is 0 Å². The molecule has 118 valence electrons. The first-order valence-electron chi connectivity index (χ1n) is 8.73. The van der Waals surface area contributed by atoms with E-state index in [1.165, 1.54) is 45.2 Å². The molecular formula is C17H34N2O. The second kappa shape index (κ2) is 8.35. The molecule has 2 heterocycles. The van der Waals surface area contributed by atoms with E-state index in [1.807, 2.05) is 0 Å². The quantitative estimate of drug-likeness (QED) is 0.811. The van der Waals surface area contributed by atoms with E-state index in [-0.39, 0.29) is 0 Å². The van der Waals surface area contributed by atoms with Crippen molar-refractivity contribution in [3.8, 4) is 0 Å². The van der Waals surface area contributed by atoms with Gasteiger partial charge in [0.15, 0.2) is 0 Å². The van der Waals surface area contributed by atoms with Crippen LogP contribution in [0.3, 0.4) is 0 Å². The van der Waals surface area contributed by atoms with Crippen LogP contribution in [0.2, 0.25) is 0 Å². The minimum Gasteiger partial charge on any atom is -0.377 e. The Bertz CT molecular complexity index is 264. The fourth-order valence-corrected chi connectivity index (χ4v) is 3.64. The predicted molar refractivity (Wildman–Crippen MR) is 85.1 cm³/mol. The third-order valence-corrected chi connectivity index (χ3v) is 5.21. The summed E-state index contributed by atoms with van der Waals surface area (Å²) in [5, 5.41) is 3.61. The van der Waals surface area contributed by atoms with Crippen molar-refractivity contribution in [1.82, 2.24) is 10.2 Å². The minimum atomic E-state index is 0.469. The molecule has 3 unspecified atom stereocenters. The first kappa shape index (κ1) is 16.3. The number of rotatable bonds is 6. The summed E-state index contributed by atoms with van der Waals surface area (Å²) in [4.78, 5) is 2.69. The maximum absolute atomic E-state index is 5.66. The lowest BCUT2D eigenvalue weighted by Crippen LogP contribution is -2.42. The summed E-state index contributed by atoms with van der Waals surface area (Å²) in [6.07, 6.45) is 7.12. The van der Waals surface area contributed by atoms with Crippen molar-refractivity contribution in [3.63, 3.8) is 0 Å². The molecule has 0 radical (unpaired) electrons. The first-order chi connectivity index (χ1) is 9.66. The molecule has 0 saturated carbocycles. The van der Waals surface area contributed by atoms with E-state index in [1.54, 1.807) is 0 Å². The first-order valence-corrected chi connectivity index (χ1v) is 8.73. The third kappa shape index (κ3) is 5.01. The summed E-state index contributed by atoms with van der Waals surface area (Å²) in [6.45, 7) is 12.8. The molecule has 3 atom stereocenters. The van der Waals surface area contributed by atoms with Gasteiger partial charge in [-0.25, -0.2) is 0 Å². The predicted octanol–water partition coefficient (Wildman–Crippen LogP) is 2.90. The molecule has 2 fully saturated rings. The molecular weight excluding hydrogens is 248 g/mol. The van der Waals surface area contributed by atoms with Crippen LogP contribution in [0.1, 0.15) is 52.9 Å². The highest BCUT2D eigenvalue weighted by molar-refractivity contribution is 4.77. The molecule has 1 N–H and O–H groups in total. The molecule has 2 saturated heterocycles. The Labute approximate surface area is 125 Å². The lowest BCUT2D eigenvalue weighted by molar-refractivity contribution is 0.107. The Morgan fingerprint density at radius 3 is 2.65 bits per heavy atom. The van der Waals surface area contributed by atoms with E-state index in [0.29, 0.717) is 12.1 Å². The van der Waals surface area contributed by atoms with Crippen LogP contribution >= 0.6 is 0 Å². The fraction of sp³-hybridized carbons (Fsp3) is 1.00.